The van der Waals surface area contributed by atoms with Crippen molar-refractivity contribution in [3.8, 4) is 0 Å². The molecule has 1 saturated carbocycles. The molecule has 2 aromatic carbocycles. The molecule has 1 aliphatic carbocycles. The zero-order valence-corrected chi connectivity index (χ0v) is 14.5. The first-order chi connectivity index (χ1) is 10.6. The fourth-order valence-corrected chi connectivity index (χ4v) is 6.91. The molecule has 2 unspecified atom stereocenters. The Balaban J connectivity index is 1.86. The van der Waals surface area contributed by atoms with Gasteiger partial charge in [-0.05, 0) is 23.4 Å². The Kier molecular flexibility index (Phi) is 4.30. The molecule has 22 heavy (non-hydrogen) atoms. The van der Waals surface area contributed by atoms with E-state index >= 15 is 0 Å². The Labute approximate surface area is 134 Å². The van der Waals surface area contributed by atoms with Crippen molar-refractivity contribution in [2.24, 2.45) is 0 Å². The standard InChI is InChI=1S/C20H24OSi/c1-22(2,19-11-7-4-8-12-19)20-14-17(13-18(21)15-20)16-9-5-3-6-10-16/h3-12,17,20H,13-15H2,1-2H3. The van der Waals surface area contributed by atoms with Crippen LogP contribution >= 0.6 is 0 Å². The van der Waals surface area contributed by atoms with Crippen LogP contribution in [-0.4, -0.2) is 13.9 Å². The monoisotopic (exact) mass is 308 g/mol. The maximum Gasteiger partial charge on any atom is 0.133 e. The SMILES string of the molecule is C[Si](C)(c1ccccc1)C1CC(=O)CC(c2ccccc2)C1. The van der Waals surface area contributed by atoms with Gasteiger partial charge in [-0.25, -0.2) is 0 Å². The quantitative estimate of drug-likeness (QED) is 0.763. The van der Waals surface area contributed by atoms with Crippen LogP contribution < -0.4 is 5.19 Å². The minimum atomic E-state index is -1.62. The number of carbonyl (C=O) groups excluding carboxylic acids is 1. The number of hydrogen-bond acceptors (Lipinski definition) is 1. The minimum absolute atomic E-state index is 0.405. The van der Waals surface area contributed by atoms with E-state index in [2.05, 4.69) is 67.7 Å². The summed E-state index contributed by atoms with van der Waals surface area (Å²) in [6.07, 6.45) is 2.65. The van der Waals surface area contributed by atoms with Crippen molar-refractivity contribution in [2.45, 2.75) is 43.8 Å². The third kappa shape index (κ3) is 3.07. The molecule has 114 valence electrons. The van der Waals surface area contributed by atoms with Crippen LogP contribution in [0.1, 0.15) is 30.7 Å². The van der Waals surface area contributed by atoms with Gasteiger partial charge in [-0.3, -0.25) is 4.79 Å². The summed E-state index contributed by atoms with van der Waals surface area (Å²) in [5, 5.41) is 1.47. The molecule has 1 aliphatic rings. The van der Waals surface area contributed by atoms with Crippen LogP contribution in [0.3, 0.4) is 0 Å². The molecule has 0 aromatic heterocycles. The summed E-state index contributed by atoms with van der Waals surface area (Å²) < 4.78 is 0. The van der Waals surface area contributed by atoms with E-state index in [1.54, 1.807) is 0 Å². The number of ketones is 1. The summed E-state index contributed by atoms with van der Waals surface area (Å²) in [4.78, 5) is 12.4. The van der Waals surface area contributed by atoms with Gasteiger partial charge < -0.3 is 0 Å². The van der Waals surface area contributed by atoms with Crippen LogP contribution in [0.15, 0.2) is 60.7 Å². The van der Waals surface area contributed by atoms with E-state index in [1.807, 2.05) is 6.07 Å². The summed E-state index contributed by atoms with van der Waals surface area (Å²) in [6, 6.07) is 21.4. The Morgan fingerprint density at radius 2 is 1.45 bits per heavy atom. The summed E-state index contributed by atoms with van der Waals surface area (Å²) in [5.74, 6) is 0.851. The number of benzene rings is 2. The van der Waals surface area contributed by atoms with Crippen molar-refractivity contribution < 1.29 is 4.79 Å². The van der Waals surface area contributed by atoms with Crippen molar-refractivity contribution in [2.75, 3.05) is 0 Å². The lowest BCUT2D eigenvalue weighted by Gasteiger charge is -2.38. The van der Waals surface area contributed by atoms with Gasteiger partial charge in [0.15, 0.2) is 0 Å². The fourth-order valence-electron chi connectivity index (χ4n) is 3.78. The van der Waals surface area contributed by atoms with Gasteiger partial charge >= 0.3 is 0 Å². The molecular weight excluding hydrogens is 284 g/mol. The average Bonchev–Trinajstić information content (AvgIpc) is 2.56. The predicted octanol–water partition coefficient (Wildman–Crippen LogP) is 4.51. The molecule has 2 atom stereocenters. The van der Waals surface area contributed by atoms with Crippen LogP contribution in [0.5, 0.6) is 0 Å². The lowest BCUT2D eigenvalue weighted by atomic mass is 9.83. The number of carbonyl (C=O) groups is 1. The van der Waals surface area contributed by atoms with Gasteiger partial charge in [0, 0.05) is 12.8 Å². The Morgan fingerprint density at radius 3 is 2.09 bits per heavy atom. The first kappa shape index (κ1) is 15.2. The van der Waals surface area contributed by atoms with Gasteiger partial charge in [0.1, 0.15) is 5.78 Å². The van der Waals surface area contributed by atoms with Crippen molar-refractivity contribution >= 4 is 19.0 Å². The summed E-state index contributed by atoms with van der Waals surface area (Å²) in [7, 11) is -1.62. The Morgan fingerprint density at radius 1 is 0.864 bits per heavy atom. The molecule has 0 saturated heterocycles. The van der Waals surface area contributed by atoms with Gasteiger partial charge in [0.25, 0.3) is 0 Å². The van der Waals surface area contributed by atoms with Crippen molar-refractivity contribution in [1.29, 1.82) is 0 Å². The molecule has 2 heteroatoms. The molecule has 2 aromatic rings. The molecule has 0 heterocycles. The zero-order valence-electron chi connectivity index (χ0n) is 13.5. The number of hydrogen-bond donors (Lipinski definition) is 0. The third-order valence-corrected chi connectivity index (χ3v) is 9.63. The second-order valence-corrected chi connectivity index (χ2v) is 11.9. The maximum atomic E-state index is 12.4. The molecule has 1 fully saturated rings. The van der Waals surface area contributed by atoms with Crippen LogP contribution in [0, 0.1) is 0 Å². The second-order valence-electron chi connectivity index (χ2n) is 7.07. The van der Waals surface area contributed by atoms with Crippen molar-refractivity contribution in [3.63, 3.8) is 0 Å². The second kappa shape index (κ2) is 6.21. The highest BCUT2D eigenvalue weighted by molar-refractivity contribution is 6.91. The Bertz CT molecular complexity index is 633. The third-order valence-electron chi connectivity index (χ3n) is 5.33. The van der Waals surface area contributed by atoms with Crippen molar-refractivity contribution in [1.82, 2.24) is 0 Å². The predicted molar refractivity (Wildman–Crippen MR) is 95.3 cm³/mol. The first-order valence-electron chi connectivity index (χ1n) is 8.19. The van der Waals surface area contributed by atoms with Crippen LogP contribution in [0.2, 0.25) is 18.6 Å². The lowest BCUT2D eigenvalue weighted by molar-refractivity contribution is -0.120. The molecular formula is C20H24OSi. The number of Topliss-reactive ketones (excluding diaryl/α,β-unsaturated/α-hetero) is 1. The van der Waals surface area contributed by atoms with E-state index in [4.69, 9.17) is 0 Å². The molecule has 3 rings (SSSR count). The minimum Gasteiger partial charge on any atom is -0.300 e. The molecule has 0 spiro atoms. The van der Waals surface area contributed by atoms with Gasteiger partial charge in [0.2, 0.25) is 0 Å². The van der Waals surface area contributed by atoms with Crippen LogP contribution in [-0.2, 0) is 4.79 Å². The van der Waals surface area contributed by atoms with Crippen LogP contribution in [0.4, 0.5) is 0 Å². The molecule has 0 N–H and O–H groups in total. The van der Waals surface area contributed by atoms with E-state index in [0.717, 1.165) is 19.3 Å². The van der Waals surface area contributed by atoms with Gasteiger partial charge in [-0.1, -0.05) is 78.9 Å². The normalized spacial score (nSPS) is 22.5. The van der Waals surface area contributed by atoms with E-state index in [1.165, 1.54) is 10.8 Å². The van der Waals surface area contributed by atoms with Crippen molar-refractivity contribution in [3.05, 3.63) is 66.2 Å². The van der Waals surface area contributed by atoms with Crippen LogP contribution in [0.25, 0.3) is 0 Å². The lowest BCUT2D eigenvalue weighted by Crippen LogP contribution is -2.48. The van der Waals surface area contributed by atoms with Gasteiger partial charge in [-0.2, -0.15) is 0 Å². The molecule has 0 bridgehead atoms. The molecule has 0 radical (unpaired) electrons. The van der Waals surface area contributed by atoms with E-state index in [9.17, 15) is 4.79 Å². The highest BCUT2D eigenvalue weighted by Crippen LogP contribution is 2.42. The fraction of sp³-hybridized carbons (Fsp3) is 0.350. The molecule has 0 amide bonds. The van der Waals surface area contributed by atoms with E-state index < -0.39 is 8.07 Å². The zero-order chi connectivity index (χ0) is 15.6. The highest BCUT2D eigenvalue weighted by Gasteiger charge is 2.39. The van der Waals surface area contributed by atoms with E-state index in [0.29, 0.717) is 17.2 Å². The maximum absolute atomic E-state index is 12.4. The topological polar surface area (TPSA) is 17.1 Å². The summed E-state index contributed by atoms with van der Waals surface area (Å²) in [5.41, 5.74) is 1.87. The summed E-state index contributed by atoms with van der Waals surface area (Å²) in [6.45, 7) is 4.85. The van der Waals surface area contributed by atoms with E-state index in [-0.39, 0.29) is 0 Å². The largest absolute Gasteiger partial charge is 0.300 e. The molecule has 1 nitrogen and oxygen atoms in total. The number of rotatable bonds is 3. The Hall–Kier alpha value is -1.67. The van der Waals surface area contributed by atoms with Gasteiger partial charge in [-0.15, -0.1) is 0 Å². The molecule has 0 aliphatic heterocycles. The first-order valence-corrected chi connectivity index (χ1v) is 11.3. The van der Waals surface area contributed by atoms with Gasteiger partial charge in [0.05, 0.1) is 8.07 Å². The average molecular weight is 308 g/mol. The smallest absolute Gasteiger partial charge is 0.133 e. The highest BCUT2D eigenvalue weighted by atomic mass is 28.3. The summed E-state index contributed by atoms with van der Waals surface area (Å²) >= 11 is 0.